The first-order valence-electron chi connectivity index (χ1n) is 8.90. The summed E-state index contributed by atoms with van der Waals surface area (Å²) in [4.78, 5) is 46.1. The fraction of sp³-hybridized carbons (Fsp3) is 0.200. The van der Waals surface area contributed by atoms with Gasteiger partial charge in [-0.2, -0.15) is 26.3 Å². The van der Waals surface area contributed by atoms with Gasteiger partial charge in [0.25, 0.3) is 0 Å². The van der Waals surface area contributed by atoms with E-state index in [0.29, 0.717) is 24.3 Å². The summed E-state index contributed by atoms with van der Waals surface area (Å²) in [7, 11) is 0. The summed E-state index contributed by atoms with van der Waals surface area (Å²) >= 11 is 0. The Morgan fingerprint density at radius 1 is 0.647 bits per heavy atom. The fourth-order valence-corrected chi connectivity index (χ4v) is 2.47. The Morgan fingerprint density at radius 3 is 1.24 bits per heavy atom. The normalized spacial score (nSPS) is 11.6. The average molecular weight is 494 g/mol. The Hall–Kier alpha value is -4.10. The third-order valence-electron chi connectivity index (χ3n) is 4.06. The van der Waals surface area contributed by atoms with Gasteiger partial charge in [-0.1, -0.05) is 0 Å². The molecule has 0 atom stereocenters. The number of aromatic carboxylic acids is 2. The number of hydrogen-bond donors (Lipinski definition) is 2. The second-order valence-electron chi connectivity index (χ2n) is 6.48. The van der Waals surface area contributed by atoms with E-state index in [-0.39, 0.29) is 12.1 Å². The van der Waals surface area contributed by atoms with Crippen molar-refractivity contribution in [2.75, 3.05) is 0 Å². The van der Waals surface area contributed by atoms with Crippen molar-refractivity contribution in [1.82, 2.24) is 0 Å². The number of carbonyl (C=O) groups is 4. The number of hydrogen-bond acceptors (Lipinski definition) is 6. The van der Waals surface area contributed by atoms with Crippen LogP contribution in [0.2, 0.25) is 0 Å². The maximum Gasteiger partial charge on any atom is 0.416 e. The largest absolute Gasteiger partial charge is 0.478 e. The molecule has 0 bridgehead atoms. The van der Waals surface area contributed by atoms with Crippen LogP contribution in [0.1, 0.15) is 44.7 Å². The van der Waals surface area contributed by atoms with Gasteiger partial charge in [0.05, 0.1) is 24.0 Å². The Balaban J connectivity index is 2.13. The van der Waals surface area contributed by atoms with Crippen molar-refractivity contribution in [2.24, 2.45) is 0 Å². The second-order valence-corrected chi connectivity index (χ2v) is 6.48. The van der Waals surface area contributed by atoms with Crippen molar-refractivity contribution < 1.29 is 65.2 Å². The first-order chi connectivity index (χ1) is 15.6. The van der Waals surface area contributed by atoms with Crippen LogP contribution < -0.4 is 9.47 Å². The Morgan fingerprint density at radius 2 is 0.971 bits per heavy atom. The number of esters is 2. The van der Waals surface area contributed by atoms with Crippen molar-refractivity contribution in [3.8, 4) is 11.5 Å². The van der Waals surface area contributed by atoms with Crippen LogP contribution in [0, 0.1) is 0 Å². The standard InChI is InChI=1S/C20H12F6O8/c21-19(22,23)9-1-3-11(17(29)30)13(7-9)33-15(27)5-6-16(28)34-14-8-10(20(24,25)26)2-4-12(14)18(31)32/h1-4,7-8H,5-6H2,(H,29,30)(H,31,32). The van der Waals surface area contributed by atoms with E-state index in [1.807, 2.05) is 0 Å². The molecule has 0 radical (unpaired) electrons. The van der Waals surface area contributed by atoms with E-state index in [1.54, 1.807) is 0 Å². The van der Waals surface area contributed by atoms with Crippen LogP contribution in [0.25, 0.3) is 0 Å². The van der Waals surface area contributed by atoms with E-state index in [9.17, 15) is 45.5 Å². The minimum absolute atomic E-state index is 0.265. The van der Waals surface area contributed by atoms with Gasteiger partial charge < -0.3 is 19.7 Å². The SMILES string of the molecule is O=C(CCC(=O)Oc1cc(C(F)(F)F)ccc1C(=O)O)Oc1cc(C(F)(F)F)ccc1C(=O)O. The Labute approximate surface area is 185 Å². The van der Waals surface area contributed by atoms with Gasteiger partial charge in [-0.15, -0.1) is 0 Å². The molecule has 0 saturated carbocycles. The minimum atomic E-state index is -4.88. The van der Waals surface area contributed by atoms with Gasteiger partial charge in [0.2, 0.25) is 0 Å². The topological polar surface area (TPSA) is 127 Å². The summed E-state index contributed by atoms with van der Waals surface area (Å²) in [5.41, 5.74) is -4.19. The molecule has 0 saturated heterocycles. The predicted molar refractivity (Wildman–Crippen MR) is 97.3 cm³/mol. The molecule has 2 rings (SSSR count). The van der Waals surface area contributed by atoms with E-state index in [0.717, 1.165) is 0 Å². The van der Waals surface area contributed by atoms with Crippen LogP contribution in [0.4, 0.5) is 26.3 Å². The summed E-state index contributed by atoms with van der Waals surface area (Å²) in [6, 6.07) is 2.55. The molecule has 0 aromatic heterocycles. The molecule has 0 aliphatic rings. The lowest BCUT2D eigenvalue weighted by Gasteiger charge is -2.12. The zero-order chi connectivity index (χ0) is 25.8. The van der Waals surface area contributed by atoms with Crippen molar-refractivity contribution in [3.63, 3.8) is 0 Å². The summed E-state index contributed by atoms with van der Waals surface area (Å²) in [6.45, 7) is 0. The first kappa shape index (κ1) is 26.2. The van der Waals surface area contributed by atoms with E-state index in [4.69, 9.17) is 10.2 Å². The number of halogens is 6. The molecule has 8 nitrogen and oxygen atoms in total. The van der Waals surface area contributed by atoms with Crippen LogP contribution in [-0.4, -0.2) is 34.1 Å². The molecule has 34 heavy (non-hydrogen) atoms. The van der Waals surface area contributed by atoms with Gasteiger partial charge in [-0.05, 0) is 36.4 Å². The van der Waals surface area contributed by atoms with Gasteiger partial charge >= 0.3 is 36.2 Å². The third-order valence-corrected chi connectivity index (χ3v) is 4.06. The number of carbonyl (C=O) groups excluding carboxylic acids is 2. The Bertz CT molecular complexity index is 1050. The number of benzene rings is 2. The second kappa shape index (κ2) is 9.80. The van der Waals surface area contributed by atoms with Crippen molar-refractivity contribution in [1.29, 1.82) is 0 Å². The lowest BCUT2D eigenvalue weighted by molar-refractivity contribution is -0.141. The highest BCUT2D eigenvalue weighted by molar-refractivity contribution is 5.93. The number of rotatable bonds is 7. The van der Waals surface area contributed by atoms with E-state index >= 15 is 0 Å². The molecule has 2 aromatic rings. The maximum absolute atomic E-state index is 12.8. The molecule has 0 unspecified atom stereocenters. The van der Waals surface area contributed by atoms with Crippen LogP contribution in [0.5, 0.6) is 11.5 Å². The highest BCUT2D eigenvalue weighted by Crippen LogP contribution is 2.34. The van der Waals surface area contributed by atoms with E-state index < -0.39 is 82.8 Å². The van der Waals surface area contributed by atoms with E-state index in [1.165, 1.54) is 0 Å². The summed E-state index contributed by atoms with van der Waals surface area (Å²) in [5.74, 6) is -8.04. The molecule has 0 heterocycles. The van der Waals surface area contributed by atoms with Crippen LogP contribution in [0.3, 0.4) is 0 Å². The zero-order valence-electron chi connectivity index (χ0n) is 16.5. The molecular weight excluding hydrogens is 482 g/mol. The predicted octanol–water partition coefficient (Wildman–Crippen LogP) is 4.41. The van der Waals surface area contributed by atoms with Gasteiger partial charge in [0.15, 0.2) is 0 Å². The number of carboxylic acids is 2. The fourth-order valence-electron chi connectivity index (χ4n) is 2.47. The smallest absolute Gasteiger partial charge is 0.416 e. The molecule has 2 N–H and O–H groups in total. The van der Waals surface area contributed by atoms with Gasteiger partial charge in [0.1, 0.15) is 22.6 Å². The minimum Gasteiger partial charge on any atom is -0.478 e. The molecule has 0 aliphatic heterocycles. The van der Waals surface area contributed by atoms with Crippen molar-refractivity contribution in [3.05, 3.63) is 58.7 Å². The van der Waals surface area contributed by atoms with Crippen LogP contribution >= 0.6 is 0 Å². The lowest BCUT2D eigenvalue weighted by atomic mass is 10.1. The van der Waals surface area contributed by atoms with Crippen molar-refractivity contribution >= 4 is 23.9 Å². The summed E-state index contributed by atoms with van der Waals surface area (Å²) < 4.78 is 86.2. The maximum atomic E-state index is 12.8. The zero-order valence-corrected chi connectivity index (χ0v) is 16.5. The van der Waals surface area contributed by atoms with Crippen LogP contribution in [0.15, 0.2) is 36.4 Å². The number of alkyl halides is 6. The summed E-state index contributed by atoms with van der Waals surface area (Å²) in [5, 5.41) is 18.1. The monoisotopic (exact) mass is 494 g/mol. The highest BCUT2D eigenvalue weighted by Gasteiger charge is 2.33. The lowest BCUT2D eigenvalue weighted by Crippen LogP contribution is -2.17. The summed E-state index contributed by atoms with van der Waals surface area (Å²) in [6.07, 6.45) is -11.5. The highest BCUT2D eigenvalue weighted by atomic mass is 19.4. The first-order valence-corrected chi connectivity index (χ1v) is 8.90. The molecule has 0 spiro atoms. The third kappa shape index (κ3) is 6.70. The van der Waals surface area contributed by atoms with E-state index in [2.05, 4.69) is 9.47 Å². The quantitative estimate of drug-likeness (QED) is 0.329. The Kier molecular flexibility index (Phi) is 7.54. The molecule has 0 amide bonds. The molecule has 2 aromatic carbocycles. The van der Waals surface area contributed by atoms with Gasteiger partial charge in [-0.25, -0.2) is 9.59 Å². The number of carboxylic acid groups (broad SMARTS) is 2. The average Bonchev–Trinajstić information content (AvgIpc) is 2.70. The van der Waals surface area contributed by atoms with Gasteiger partial charge in [-0.3, -0.25) is 9.59 Å². The molecular formula is C20H12F6O8. The molecule has 14 heteroatoms. The van der Waals surface area contributed by atoms with Gasteiger partial charge in [0, 0.05) is 0 Å². The van der Waals surface area contributed by atoms with Crippen LogP contribution in [-0.2, 0) is 21.9 Å². The number of ether oxygens (including phenoxy) is 2. The molecule has 182 valence electrons. The molecule has 0 aliphatic carbocycles. The molecule has 0 fully saturated rings. The van der Waals surface area contributed by atoms with Crippen molar-refractivity contribution in [2.45, 2.75) is 25.2 Å².